The molecule has 1 atom stereocenters. The predicted octanol–water partition coefficient (Wildman–Crippen LogP) is 1.91. The molecular formula is C15H22N2O2. The third-order valence-corrected chi connectivity index (χ3v) is 3.88. The van der Waals surface area contributed by atoms with E-state index in [0.29, 0.717) is 11.6 Å². The summed E-state index contributed by atoms with van der Waals surface area (Å²) in [6.07, 6.45) is 0. The molecule has 19 heavy (non-hydrogen) atoms. The third-order valence-electron chi connectivity index (χ3n) is 3.88. The molecule has 0 amide bonds. The topological polar surface area (TPSA) is 43.8 Å². The Kier molecular flexibility index (Phi) is 4.56. The lowest BCUT2D eigenvalue weighted by atomic mass is 10.1. The van der Waals surface area contributed by atoms with Crippen LogP contribution in [0.25, 0.3) is 0 Å². The fourth-order valence-corrected chi connectivity index (χ4v) is 2.58. The summed E-state index contributed by atoms with van der Waals surface area (Å²) < 4.78 is 0. The van der Waals surface area contributed by atoms with Crippen molar-refractivity contribution in [2.45, 2.75) is 26.4 Å². The Labute approximate surface area is 114 Å². The molecule has 1 saturated heterocycles. The molecule has 1 fully saturated rings. The summed E-state index contributed by atoms with van der Waals surface area (Å²) in [5.41, 5.74) is 1.54. The SMILES string of the molecule is CCN1CCN(Cc2ccc(C(=O)O)cc2)C(C)C1. The normalized spacial score (nSPS) is 21.5. The van der Waals surface area contributed by atoms with E-state index in [1.54, 1.807) is 12.1 Å². The summed E-state index contributed by atoms with van der Waals surface area (Å²) in [5, 5.41) is 8.88. The molecule has 0 spiro atoms. The number of rotatable bonds is 4. The molecule has 0 radical (unpaired) electrons. The van der Waals surface area contributed by atoms with Gasteiger partial charge in [-0.1, -0.05) is 19.1 Å². The van der Waals surface area contributed by atoms with Crippen LogP contribution in [0.5, 0.6) is 0 Å². The molecule has 0 aliphatic carbocycles. The first kappa shape index (κ1) is 14.0. The van der Waals surface area contributed by atoms with Crippen molar-refractivity contribution in [3.8, 4) is 0 Å². The highest BCUT2D eigenvalue weighted by Crippen LogP contribution is 2.14. The van der Waals surface area contributed by atoms with Gasteiger partial charge < -0.3 is 10.0 Å². The number of benzene rings is 1. The largest absolute Gasteiger partial charge is 0.478 e. The first-order valence-electron chi connectivity index (χ1n) is 6.88. The molecule has 4 nitrogen and oxygen atoms in total. The van der Waals surface area contributed by atoms with E-state index < -0.39 is 5.97 Å². The number of piperazine rings is 1. The molecule has 1 aromatic rings. The summed E-state index contributed by atoms with van der Waals surface area (Å²) >= 11 is 0. The predicted molar refractivity (Wildman–Crippen MR) is 75.4 cm³/mol. The minimum atomic E-state index is -0.864. The Morgan fingerprint density at radius 3 is 2.53 bits per heavy atom. The second kappa shape index (κ2) is 6.17. The van der Waals surface area contributed by atoms with E-state index in [9.17, 15) is 4.79 Å². The smallest absolute Gasteiger partial charge is 0.335 e. The Hall–Kier alpha value is -1.39. The molecule has 104 valence electrons. The summed E-state index contributed by atoms with van der Waals surface area (Å²) in [6, 6.07) is 7.76. The molecule has 1 aliphatic rings. The number of carboxylic acids is 1. The van der Waals surface area contributed by atoms with Crippen LogP contribution in [-0.2, 0) is 6.54 Å². The fourth-order valence-electron chi connectivity index (χ4n) is 2.58. The molecule has 2 rings (SSSR count). The van der Waals surface area contributed by atoms with E-state index in [-0.39, 0.29) is 0 Å². The van der Waals surface area contributed by atoms with Crippen molar-refractivity contribution in [3.05, 3.63) is 35.4 Å². The third kappa shape index (κ3) is 3.55. The van der Waals surface area contributed by atoms with Gasteiger partial charge in [-0.15, -0.1) is 0 Å². The van der Waals surface area contributed by atoms with Gasteiger partial charge in [-0.3, -0.25) is 4.90 Å². The van der Waals surface area contributed by atoms with Gasteiger partial charge in [0.1, 0.15) is 0 Å². The van der Waals surface area contributed by atoms with Crippen LogP contribution in [0, 0.1) is 0 Å². The maximum atomic E-state index is 10.8. The summed E-state index contributed by atoms with van der Waals surface area (Å²) in [6.45, 7) is 9.79. The van der Waals surface area contributed by atoms with E-state index in [2.05, 4.69) is 23.6 Å². The van der Waals surface area contributed by atoms with Crippen LogP contribution in [0.2, 0.25) is 0 Å². The second-order valence-corrected chi connectivity index (χ2v) is 5.21. The van der Waals surface area contributed by atoms with Crippen LogP contribution >= 0.6 is 0 Å². The number of hydrogen-bond acceptors (Lipinski definition) is 3. The van der Waals surface area contributed by atoms with Gasteiger partial charge in [0.2, 0.25) is 0 Å². The van der Waals surface area contributed by atoms with Crippen LogP contribution in [0.4, 0.5) is 0 Å². The number of nitrogens with zero attached hydrogens (tertiary/aromatic N) is 2. The number of carbonyl (C=O) groups is 1. The van der Waals surface area contributed by atoms with Gasteiger partial charge in [-0.05, 0) is 31.2 Å². The minimum absolute atomic E-state index is 0.354. The second-order valence-electron chi connectivity index (χ2n) is 5.21. The maximum Gasteiger partial charge on any atom is 0.335 e. The minimum Gasteiger partial charge on any atom is -0.478 e. The van der Waals surface area contributed by atoms with Crippen molar-refractivity contribution in [1.29, 1.82) is 0 Å². The zero-order valence-electron chi connectivity index (χ0n) is 11.7. The van der Waals surface area contributed by atoms with Gasteiger partial charge in [-0.25, -0.2) is 4.79 Å². The van der Waals surface area contributed by atoms with Gasteiger partial charge >= 0.3 is 5.97 Å². The van der Waals surface area contributed by atoms with E-state index in [1.807, 2.05) is 12.1 Å². The van der Waals surface area contributed by atoms with Crippen molar-refractivity contribution >= 4 is 5.97 Å². The highest BCUT2D eigenvalue weighted by atomic mass is 16.4. The molecule has 1 aromatic carbocycles. The lowest BCUT2D eigenvalue weighted by Crippen LogP contribution is -2.51. The molecule has 1 aliphatic heterocycles. The molecule has 0 aromatic heterocycles. The molecule has 1 N–H and O–H groups in total. The number of carboxylic acid groups (broad SMARTS) is 1. The van der Waals surface area contributed by atoms with E-state index in [1.165, 1.54) is 5.56 Å². The zero-order valence-corrected chi connectivity index (χ0v) is 11.7. The van der Waals surface area contributed by atoms with E-state index in [4.69, 9.17) is 5.11 Å². The highest BCUT2D eigenvalue weighted by Gasteiger charge is 2.22. The lowest BCUT2D eigenvalue weighted by molar-refractivity contribution is 0.0696. The van der Waals surface area contributed by atoms with Gasteiger partial charge in [0.25, 0.3) is 0 Å². The molecule has 0 saturated carbocycles. The summed E-state index contributed by atoms with van der Waals surface area (Å²) in [4.78, 5) is 15.7. The van der Waals surface area contributed by atoms with Crippen LogP contribution in [-0.4, -0.2) is 53.1 Å². The van der Waals surface area contributed by atoms with Crippen LogP contribution in [0.1, 0.15) is 29.8 Å². The Morgan fingerprint density at radius 1 is 1.32 bits per heavy atom. The molecule has 0 bridgehead atoms. The Balaban J connectivity index is 1.95. The van der Waals surface area contributed by atoms with Crippen LogP contribution in [0.15, 0.2) is 24.3 Å². The van der Waals surface area contributed by atoms with Gasteiger partial charge in [0.15, 0.2) is 0 Å². The molecule has 1 unspecified atom stereocenters. The Morgan fingerprint density at radius 2 is 2.00 bits per heavy atom. The molecule has 4 heteroatoms. The van der Waals surface area contributed by atoms with E-state index >= 15 is 0 Å². The number of likely N-dealkylation sites (N-methyl/N-ethyl adjacent to an activating group) is 1. The average Bonchev–Trinajstić information content (AvgIpc) is 2.41. The molecular weight excluding hydrogens is 240 g/mol. The zero-order chi connectivity index (χ0) is 13.8. The lowest BCUT2D eigenvalue weighted by Gasteiger charge is -2.39. The van der Waals surface area contributed by atoms with Crippen molar-refractivity contribution in [1.82, 2.24) is 9.80 Å². The summed E-state index contributed by atoms with van der Waals surface area (Å²) in [7, 11) is 0. The Bertz CT molecular complexity index is 430. The summed E-state index contributed by atoms with van der Waals surface area (Å²) in [5.74, 6) is -0.864. The van der Waals surface area contributed by atoms with Crippen molar-refractivity contribution in [3.63, 3.8) is 0 Å². The van der Waals surface area contributed by atoms with Crippen molar-refractivity contribution in [2.75, 3.05) is 26.2 Å². The highest BCUT2D eigenvalue weighted by molar-refractivity contribution is 5.87. The fraction of sp³-hybridized carbons (Fsp3) is 0.533. The van der Waals surface area contributed by atoms with Crippen LogP contribution < -0.4 is 0 Å². The monoisotopic (exact) mass is 262 g/mol. The quantitative estimate of drug-likeness (QED) is 0.900. The van der Waals surface area contributed by atoms with Gasteiger partial charge in [-0.2, -0.15) is 0 Å². The first-order valence-corrected chi connectivity index (χ1v) is 6.88. The number of aromatic carboxylic acids is 1. The van der Waals surface area contributed by atoms with Gasteiger partial charge in [0.05, 0.1) is 5.56 Å². The van der Waals surface area contributed by atoms with Gasteiger partial charge in [0, 0.05) is 32.2 Å². The van der Waals surface area contributed by atoms with Crippen LogP contribution in [0.3, 0.4) is 0 Å². The van der Waals surface area contributed by atoms with Crippen molar-refractivity contribution in [2.24, 2.45) is 0 Å². The maximum absolute atomic E-state index is 10.8. The van der Waals surface area contributed by atoms with Crippen molar-refractivity contribution < 1.29 is 9.90 Å². The van der Waals surface area contributed by atoms with E-state index in [0.717, 1.165) is 32.7 Å². The average molecular weight is 262 g/mol. The molecule has 1 heterocycles. The standard InChI is InChI=1S/C15H22N2O2/c1-3-16-8-9-17(12(2)10-16)11-13-4-6-14(7-5-13)15(18)19/h4-7,12H,3,8-11H2,1-2H3,(H,18,19). The number of hydrogen-bond donors (Lipinski definition) is 1. The first-order chi connectivity index (χ1) is 9.10.